The summed E-state index contributed by atoms with van der Waals surface area (Å²) in [6.45, 7) is 7.17. The molecule has 0 radical (unpaired) electrons. The summed E-state index contributed by atoms with van der Waals surface area (Å²) in [6.07, 6.45) is 0.641. The third-order valence-electron chi connectivity index (χ3n) is 3.88. The van der Waals surface area contributed by atoms with Gasteiger partial charge in [-0.25, -0.2) is 4.39 Å². The summed E-state index contributed by atoms with van der Waals surface area (Å²) in [6, 6.07) is 10.2. The van der Waals surface area contributed by atoms with Gasteiger partial charge in [-0.05, 0) is 62.6 Å². The summed E-state index contributed by atoms with van der Waals surface area (Å²) in [5.74, 6) is 0.762. The fourth-order valence-electron chi connectivity index (χ4n) is 2.67. The quantitative estimate of drug-likeness (QED) is 0.521. The molecule has 2 aromatic carbocycles. The minimum Gasteiger partial charge on any atom is -0.494 e. The van der Waals surface area contributed by atoms with Crippen molar-refractivity contribution in [2.75, 3.05) is 19.8 Å². The molecular formula is C22H27FO5. The van der Waals surface area contributed by atoms with Crippen molar-refractivity contribution in [3.8, 4) is 17.2 Å². The van der Waals surface area contributed by atoms with Crippen LogP contribution in [0.15, 0.2) is 36.4 Å². The topological polar surface area (TPSA) is 54.0 Å². The van der Waals surface area contributed by atoms with Gasteiger partial charge in [-0.1, -0.05) is 6.07 Å². The molecule has 0 saturated carbocycles. The Morgan fingerprint density at radius 1 is 0.857 bits per heavy atom. The fraction of sp³-hybridized carbons (Fsp3) is 0.409. The highest BCUT2D eigenvalue weighted by Gasteiger charge is 2.09. The monoisotopic (exact) mass is 390 g/mol. The van der Waals surface area contributed by atoms with Crippen LogP contribution in [0.2, 0.25) is 0 Å². The maximum atomic E-state index is 14.3. The number of halogens is 1. The minimum absolute atomic E-state index is 0.152. The highest BCUT2D eigenvalue weighted by molar-refractivity contribution is 5.69. The van der Waals surface area contributed by atoms with E-state index in [0.717, 1.165) is 11.1 Å². The highest BCUT2D eigenvalue weighted by atomic mass is 19.1. The lowest BCUT2D eigenvalue weighted by Crippen LogP contribution is -2.05. The van der Waals surface area contributed by atoms with Crippen molar-refractivity contribution >= 4 is 5.97 Å². The number of ether oxygens (including phenoxy) is 4. The Bertz CT molecular complexity index is 751. The molecule has 0 bridgehead atoms. The van der Waals surface area contributed by atoms with Crippen LogP contribution in [-0.2, 0) is 22.6 Å². The van der Waals surface area contributed by atoms with Crippen molar-refractivity contribution in [3.05, 3.63) is 53.3 Å². The van der Waals surface area contributed by atoms with E-state index in [4.69, 9.17) is 18.9 Å². The average molecular weight is 390 g/mol. The molecule has 0 saturated heterocycles. The Morgan fingerprint density at radius 2 is 1.54 bits per heavy atom. The van der Waals surface area contributed by atoms with Gasteiger partial charge in [-0.15, -0.1) is 0 Å². The van der Waals surface area contributed by atoms with E-state index in [-0.39, 0.29) is 24.7 Å². The van der Waals surface area contributed by atoms with Crippen LogP contribution in [0.4, 0.5) is 4.39 Å². The largest absolute Gasteiger partial charge is 0.494 e. The van der Waals surface area contributed by atoms with E-state index in [1.807, 2.05) is 32.0 Å². The number of benzene rings is 2. The first kappa shape index (κ1) is 21.5. The van der Waals surface area contributed by atoms with Crippen LogP contribution in [0, 0.1) is 5.82 Å². The first-order valence-electron chi connectivity index (χ1n) is 9.52. The van der Waals surface area contributed by atoms with E-state index in [1.165, 1.54) is 6.07 Å². The van der Waals surface area contributed by atoms with Crippen molar-refractivity contribution in [2.45, 2.75) is 40.2 Å². The van der Waals surface area contributed by atoms with Gasteiger partial charge < -0.3 is 18.9 Å². The van der Waals surface area contributed by atoms with E-state index in [9.17, 15) is 9.18 Å². The number of hydrogen-bond donors (Lipinski definition) is 0. The van der Waals surface area contributed by atoms with E-state index < -0.39 is 5.82 Å². The van der Waals surface area contributed by atoms with Gasteiger partial charge in [0, 0.05) is 12.5 Å². The summed E-state index contributed by atoms with van der Waals surface area (Å²) >= 11 is 0. The second kappa shape index (κ2) is 11.2. The standard InChI is InChI=1S/C22H27FO5/c1-4-25-18-11-17(12-19(14-18)26-5-2)15-28-21-9-7-16(13-20(21)23)8-10-22(24)27-6-3/h7,9,11-14H,4-6,8,10,15H2,1-3H3. The first-order chi connectivity index (χ1) is 13.5. The number of aryl methyl sites for hydroxylation is 1. The molecule has 0 aliphatic carbocycles. The lowest BCUT2D eigenvalue weighted by Gasteiger charge is -2.12. The van der Waals surface area contributed by atoms with Crippen molar-refractivity contribution in [2.24, 2.45) is 0 Å². The molecule has 6 heteroatoms. The highest BCUT2D eigenvalue weighted by Crippen LogP contribution is 2.25. The van der Waals surface area contributed by atoms with Crippen molar-refractivity contribution < 1.29 is 28.1 Å². The number of hydrogen-bond acceptors (Lipinski definition) is 5. The van der Waals surface area contributed by atoms with Crippen LogP contribution in [-0.4, -0.2) is 25.8 Å². The lowest BCUT2D eigenvalue weighted by molar-refractivity contribution is -0.143. The molecule has 2 aromatic rings. The van der Waals surface area contributed by atoms with E-state index in [1.54, 1.807) is 19.1 Å². The Labute approximate surface area is 165 Å². The molecule has 0 heterocycles. The molecule has 0 amide bonds. The van der Waals surface area contributed by atoms with Gasteiger partial charge in [0.15, 0.2) is 11.6 Å². The summed E-state index contributed by atoms with van der Waals surface area (Å²) in [5.41, 5.74) is 1.54. The maximum Gasteiger partial charge on any atom is 0.306 e. The predicted molar refractivity (Wildman–Crippen MR) is 104 cm³/mol. The lowest BCUT2D eigenvalue weighted by atomic mass is 10.1. The summed E-state index contributed by atoms with van der Waals surface area (Å²) < 4.78 is 35.9. The zero-order valence-corrected chi connectivity index (χ0v) is 16.6. The third-order valence-corrected chi connectivity index (χ3v) is 3.88. The summed E-state index contributed by atoms with van der Waals surface area (Å²) in [7, 11) is 0. The average Bonchev–Trinajstić information content (AvgIpc) is 2.66. The number of carbonyl (C=O) groups excluding carboxylic acids is 1. The fourth-order valence-corrected chi connectivity index (χ4v) is 2.67. The maximum absolute atomic E-state index is 14.3. The van der Waals surface area contributed by atoms with Gasteiger partial charge in [-0.2, -0.15) is 0 Å². The van der Waals surface area contributed by atoms with Crippen molar-refractivity contribution in [1.82, 2.24) is 0 Å². The molecule has 28 heavy (non-hydrogen) atoms. The van der Waals surface area contributed by atoms with Crippen LogP contribution < -0.4 is 14.2 Å². The number of esters is 1. The molecule has 0 aliphatic rings. The first-order valence-corrected chi connectivity index (χ1v) is 9.52. The smallest absolute Gasteiger partial charge is 0.306 e. The molecule has 0 N–H and O–H groups in total. The molecule has 0 fully saturated rings. The SMILES string of the molecule is CCOC(=O)CCc1ccc(OCc2cc(OCC)cc(OCC)c2)c(F)c1. The molecule has 0 unspecified atom stereocenters. The normalized spacial score (nSPS) is 10.4. The molecule has 152 valence electrons. The van der Waals surface area contributed by atoms with E-state index in [0.29, 0.717) is 37.7 Å². The van der Waals surface area contributed by atoms with Crippen LogP contribution in [0.5, 0.6) is 17.2 Å². The molecule has 0 aromatic heterocycles. The predicted octanol–water partition coefficient (Wildman–Crippen LogP) is 4.70. The third kappa shape index (κ3) is 6.76. The van der Waals surface area contributed by atoms with Gasteiger partial charge in [0.2, 0.25) is 0 Å². The second-order valence-electron chi connectivity index (χ2n) is 6.04. The second-order valence-corrected chi connectivity index (χ2v) is 6.04. The molecule has 2 rings (SSSR count). The zero-order valence-electron chi connectivity index (χ0n) is 16.6. The zero-order chi connectivity index (χ0) is 20.4. The van der Waals surface area contributed by atoms with Gasteiger partial charge in [-0.3, -0.25) is 4.79 Å². The molecule has 0 spiro atoms. The van der Waals surface area contributed by atoms with Crippen molar-refractivity contribution in [1.29, 1.82) is 0 Å². The van der Waals surface area contributed by atoms with Gasteiger partial charge in [0.05, 0.1) is 19.8 Å². The molecule has 5 nitrogen and oxygen atoms in total. The molecular weight excluding hydrogens is 363 g/mol. The van der Waals surface area contributed by atoms with E-state index in [2.05, 4.69) is 0 Å². The molecule has 0 atom stereocenters. The Morgan fingerprint density at radius 3 is 2.11 bits per heavy atom. The van der Waals surface area contributed by atoms with Crippen LogP contribution in [0.25, 0.3) is 0 Å². The Hall–Kier alpha value is -2.76. The summed E-state index contributed by atoms with van der Waals surface area (Å²) in [4.78, 5) is 11.4. The van der Waals surface area contributed by atoms with Crippen LogP contribution in [0.3, 0.4) is 0 Å². The van der Waals surface area contributed by atoms with Crippen LogP contribution in [0.1, 0.15) is 38.3 Å². The van der Waals surface area contributed by atoms with Gasteiger partial charge in [0.1, 0.15) is 18.1 Å². The van der Waals surface area contributed by atoms with Crippen molar-refractivity contribution in [3.63, 3.8) is 0 Å². The Kier molecular flexibility index (Phi) is 8.59. The minimum atomic E-state index is -0.465. The number of rotatable bonds is 11. The van der Waals surface area contributed by atoms with Gasteiger partial charge in [0.25, 0.3) is 0 Å². The summed E-state index contributed by atoms with van der Waals surface area (Å²) in [5, 5.41) is 0. The number of carbonyl (C=O) groups is 1. The molecule has 0 aliphatic heterocycles. The van der Waals surface area contributed by atoms with Gasteiger partial charge >= 0.3 is 5.97 Å². The van der Waals surface area contributed by atoms with Crippen LogP contribution >= 0.6 is 0 Å². The van der Waals surface area contributed by atoms with E-state index >= 15 is 0 Å². The Balaban J connectivity index is 2.01.